The molecule has 1 aliphatic heterocycles. The van der Waals surface area contributed by atoms with Crippen LogP contribution in [0.15, 0.2) is 0 Å². The first-order valence-corrected chi connectivity index (χ1v) is 5.86. The summed E-state index contributed by atoms with van der Waals surface area (Å²) in [5.41, 5.74) is 0.0773. The molecule has 1 saturated heterocycles. The van der Waals surface area contributed by atoms with Crippen molar-refractivity contribution in [3.63, 3.8) is 0 Å². The van der Waals surface area contributed by atoms with Crippen molar-refractivity contribution in [1.29, 1.82) is 5.26 Å². The normalized spacial score (nSPS) is 23.8. The zero-order chi connectivity index (χ0) is 12.4. The highest BCUT2D eigenvalue weighted by Crippen LogP contribution is 2.31. The smallest absolute Gasteiger partial charge is 0.179 e. The molecule has 0 radical (unpaired) electrons. The van der Waals surface area contributed by atoms with Crippen LogP contribution in [0.4, 0.5) is 0 Å². The van der Waals surface area contributed by atoms with E-state index < -0.39 is 0 Å². The summed E-state index contributed by atoms with van der Waals surface area (Å²) in [6.45, 7) is 9.13. The van der Waals surface area contributed by atoms with E-state index in [1.165, 1.54) is 0 Å². The third kappa shape index (κ3) is 3.36. The molecule has 0 atom stereocenters. The van der Waals surface area contributed by atoms with Gasteiger partial charge in [-0.1, -0.05) is 0 Å². The number of nitrogens with one attached hydrogen (secondary N) is 1. The fourth-order valence-corrected chi connectivity index (χ4v) is 2.91. The highest BCUT2D eigenvalue weighted by Gasteiger charge is 2.39. The van der Waals surface area contributed by atoms with Gasteiger partial charge in [0.25, 0.3) is 0 Å². The van der Waals surface area contributed by atoms with Crippen molar-refractivity contribution in [2.75, 3.05) is 13.2 Å². The van der Waals surface area contributed by atoms with Crippen molar-refractivity contribution in [2.24, 2.45) is 0 Å². The number of hydrogen-bond donors (Lipinski definition) is 2. The molecule has 0 aliphatic carbocycles. The summed E-state index contributed by atoms with van der Waals surface area (Å²) in [4.78, 5) is 1.71. The molecule has 0 bridgehead atoms. The molecule has 0 saturated carbocycles. The van der Waals surface area contributed by atoms with Crippen LogP contribution in [0.25, 0.3) is 0 Å². The highest BCUT2D eigenvalue weighted by atomic mass is 16.3. The van der Waals surface area contributed by atoms with Crippen LogP contribution in [0, 0.1) is 11.5 Å². The molecule has 1 rings (SSSR count). The molecule has 1 fully saturated rings. The fraction of sp³-hybridized carbons (Fsp3) is 0.917. The van der Waals surface area contributed by atoms with Gasteiger partial charge >= 0.3 is 0 Å². The highest BCUT2D eigenvalue weighted by molar-refractivity contribution is 5.02. The Morgan fingerprint density at radius 1 is 1.31 bits per heavy atom. The van der Waals surface area contributed by atoms with Crippen LogP contribution in [0.3, 0.4) is 0 Å². The van der Waals surface area contributed by atoms with Gasteiger partial charge in [-0.25, -0.2) is 0 Å². The van der Waals surface area contributed by atoms with Gasteiger partial charge < -0.3 is 15.3 Å². The van der Waals surface area contributed by atoms with Crippen LogP contribution in [0.1, 0.15) is 40.5 Å². The first-order chi connectivity index (χ1) is 7.29. The molecular formula is C12H23N3O. The van der Waals surface area contributed by atoms with E-state index in [1.54, 1.807) is 4.90 Å². The Kier molecular flexibility index (Phi) is 3.82. The first-order valence-electron chi connectivity index (χ1n) is 5.86. The lowest BCUT2D eigenvalue weighted by atomic mass is 9.79. The molecule has 92 valence electrons. The largest absolute Gasteiger partial charge is 0.395 e. The molecule has 2 N–H and O–H groups in total. The second-order valence-corrected chi connectivity index (χ2v) is 5.97. The number of aliphatic hydroxyl groups is 1. The number of nitriles is 1. The summed E-state index contributed by atoms with van der Waals surface area (Å²) in [6, 6.07) is 0.225. The van der Waals surface area contributed by atoms with Gasteiger partial charge in [0.2, 0.25) is 0 Å². The molecule has 0 amide bonds. The monoisotopic (exact) mass is 225 g/mol. The molecular weight excluding hydrogens is 202 g/mol. The van der Waals surface area contributed by atoms with E-state index in [1.807, 2.05) is 0 Å². The van der Waals surface area contributed by atoms with Gasteiger partial charge in [0.05, 0.1) is 13.2 Å². The third-order valence-corrected chi connectivity index (χ3v) is 3.08. The van der Waals surface area contributed by atoms with Crippen molar-refractivity contribution >= 4 is 0 Å². The van der Waals surface area contributed by atoms with E-state index in [-0.39, 0.29) is 23.7 Å². The van der Waals surface area contributed by atoms with Crippen LogP contribution >= 0.6 is 0 Å². The molecule has 0 aromatic carbocycles. The maximum atomic E-state index is 9.09. The van der Waals surface area contributed by atoms with Gasteiger partial charge in [-0.3, -0.25) is 0 Å². The van der Waals surface area contributed by atoms with Crippen molar-refractivity contribution < 1.29 is 5.11 Å². The van der Waals surface area contributed by atoms with E-state index in [0.29, 0.717) is 6.54 Å². The summed E-state index contributed by atoms with van der Waals surface area (Å²) < 4.78 is 0. The maximum absolute atomic E-state index is 9.09. The molecule has 4 nitrogen and oxygen atoms in total. The summed E-state index contributed by atoms with van der Waals surface area (Å²) in [6.07, 6.45) is 4.06. The Bertz CT molecular complexity index is 264. The number of nitrogens with zero attached hydrogens (tertiary/aromatic N) is 2. The Morgan fingerprint density at radius 3 is 2.19 bits per heavy atom. The average molecular weight is 225 g/mol. The van der Waals surface area contributed by atoms with Crippen molar-refractivity contribution in [3.8, 4) is 6.19 Å². The summed E-state index contributed by atoms with van der Waals surface area (Å²) in [5, 5.41) is 21.6. The zero-order valence-corrected chi connectivity index (χ0v) is 10.7. The Morgan fingerprint density at radius 2 is 1.81 bits per heavy atom. The molecule has 1 aliphatic rings. The Hall–Kier alpha value is -0.790. The number of rotatable bonds is 3. The van der Waals surface area contributed by atoms with Gasteiger partial charge in [0.1, 0.15) is 0 Å². The molecule has 4 heteroatoms. The van der Waals surface area contributed by atoms with E-state index in [0.717, 1.165) is 12.8 Å². The minimum absolute atomic E-state index is 0.0387. The molecule has 16 heavy (non-hydrogen) atoms. The standard InChI is InChI=1S/C12H23N3O/c1-11(2)7-10(8-12(3,4)14-11)15(9-13)5-6-16/h10,14,16H,5-8H2,1-4H3. The Labute approximate surface area is 98.2 Å². The topological polar surface area (TPSA) is 59.3 Å². The summed E-state index contributed by atoms with van der Waals surface area (Å²) in [7, 11) is 0. The predicted octanol–water partition coefficient (Wildman–Crippen LogP) is 1.07. The maximum Gasteiger partial charge on any atom is 0.179 e. The van der Waals surface area contributed by atoms with Gasteiger partial charge in [-0.15, -0.1) is 0 Å². The van der Waals surface area contributed by atoms with E-state index >= 15 is 0 Å². The average Bonchev–Trinajstić information content (AvgIpc) is 2.08. The van der Waals surface area contributed by atoms with Gasteiger partial charge in [-0.05, 0) is 40.5 Å². The van der Waals surface area contributed by atoms with E-state index in [2.05, 4.69) is 39.2 Å². The van der Waals surface area contributed by atoms with E-state index in [4.69, 9.17) is 10.4 Å². The van der Waals surface area contributed by atoms with Crippen LogP contribution in [-0.2, 0) is 0 Å². The minimum atomic E-state index is 0.0387. The van der Waals surface area contributed by atoms with E-state index in [9.17, 15) is 0 Å². The second kappa shape index (κ2) is 4.60. The van der Waals surface area contributed by atoms with Gasteiger partial charge in [0, 0.05) is 17.1 Å². The molecule has 0 unspecified atom stereocenters. The quantitative estimate of drug-likeness (QED) is 0.557. The van der Waals surface area contributed by atoms with Gasteiger partial charge in [0.15, 0.2) is 6.19 Å². The summed E-state index contributed by atoms with van der Waals surface area (Å²) >= 11 is 0. The third-order valence-electron chi connectivity index (χ3n) is 3.08. The Balaban J connectivity index is 2.77. The molecule has 0 aromatic rings. The minimum Gasteiger partial charge on any atom is -0.395 e. The van der Waals surface area contributed by atoms with Crippen LogP contribution < -0.4 is 5.32 Å². The van der Waals surface area contributed by atoms with Crippen LogP contribution in [0.2, 0.25) is 0 Å². The fourth-order valence-electron chi connectivity index (χ4n) is 2.91. The van der Waals surface area contributed by atoms with Crippen LogP contribution in [-0.4, -0.2) is 40.3 Å². The van der Waals surface area contributed by atoms with Crippen molar-refractivity contribution in [3.05, 3.63) is 0 Å². The lowest BCUT2D eigenvalue weighted by Gasteiger charge is -2.48. The molecule has 0 aromatic heterocycles. The lowest BCUT2D eigenvalue weighted by molar-refractivity contribution is 0.0871. The number of piperidine rings is 1. The zero-order valence-electron chi connectivity index (χ0n) is 10.7. The van der Waals surface area contributed by atoms with Crippen molar-refractivity contribution in [1.82, 2.24) is 10.2 Å². The number of aliphatic hydroxyl groups excluding tert-OH is 1. The first kappa shape index (κ1) is 13.3. The van der Waals surface area contributed by atoms with Crippen molar-refractivity contribution in [2.45, 2.75) is 57.7 Å². The lowest BCUT2D eigenvalue weighted by Crippen LogP contribution is -2.61. The molecule has 1 heterocycles. The van der Waals surface area contributed by atoms with Crippen LogP contribution in [0.5, 0.6) is 0 Å². The number of hydrogen-bond acceptors (Lipinski definition) is 4. The SMILES string of the molecule is CC1(C)CC(N(C#N)CCO)CC(C)(C)N1. The van der Waals surface area contributed by atoms with Gasteiger partial charge in [-0.2, -0.15) is 5.26 Å². The second-order valence-electron chi connectivity index (χ2n) is 5.97. The predicted molar refractivity (Wildman–Crippen MR) is 63.7 cm³/mol. The summed E-state index contributed by atoms with van der Waals surface area (Å²) in [5.74, 6) is 0. The molecule has 0 spiro atoms.